The highest BCUT2D eigenvalue weighted by Crippen LogP contribution is 2.23. The largest absolute Gasteiger partial charge is 0.356 e. The Hall–Kier alpha value is -2.09. The molecule has 0 spiro atoms. The molecule has 1 heterocycles. The highest BCUT2D eigenvalue weighted by Gasteiger charge is 2.30. The first-order valence-corrected chi connectivity index (χ1v) is 13.2. The predicted octanol–water partition coefficient (Wildman–Crippen LogP) is 3.35. The Kier molecular flexibility index (Phi) is 10.0. The van der Waals surface area contributed by atoms with Crippen molar-refractivity contribution in [1.82, 2.24) is 15.1 Å². The smallest absolute Gasteiger partial charge is 0.254 e. The number of amides is 2. The summed E-state index contributed by atoms with van der Waals surface area (Å²) in [7, 11) is 0. The van der Waals surface area contributed by atoms with Crippen molar-refractivity contribution < 1.29 is 9.59 Å². The van der Waals surface area contributed by atoms with E-state index in [1.165, 1.54) is 6.92 Å². The number of nitrogens with zero attached hydrogens (tertiary/aromatic N) is 2. The number of benzene rings is 2. The molecular weight excluding hydrogens is 432 g/mol. The summed E-state index contributed by atoms with van der Waals surface area (Å²) in [5.74, 6) is 1.88. The highest BCUT2D eigenvalue weighted by molar-refractivity contribution is 7.99. The summed E-state index contributed by atoms with van der Waals surface area (Å²) in [6, 6.07) is 14.5. The average molecular weight is 471 g/mol. The lowest BCUT2D eigenvalue weighted by Gasteiger charge is -2.42. The number of rotatable bonds is 11. The quantitative estimate of drug-likeness (QED) is 0.493. The van der Waals surface area contributed by atoms with Gasteiger partial charge >= 0.3 is 0 Å². The van der Waals surface area contributed by atoms with Crippen molar-refractivity contribution in [1.29, 1.82) is 0 Å². The lowest BCUT2D eigenvalue weighted by Crippen LogP contribution is -2.57. The van der Waals surface area contributed by atoms with Crippen LogP contribution in [0.25, 0.3) is 10.8 Å². The van der Waals surface area contributed by atoms with Gasteiger partial charge in [0.1, 0.15) is 0 Å². The number of hydrogen-bond acceptors (Lipinski definition) is 5. The van der Waals surface area contributed by atoms with Crippen LogP contribution in [-0.2, 0) is 4.79 Å². The van der Waals surface area contributed by atoms with E-state index in [1.807, 2.05) is 35.2 Å². The second-order valence-corrected chi connectivity index (χ2v) is 10.0. The molecule has 0 unspecified atom stereocenters. The lowest BCUT2D eigenvalue weighted by molar-refractivity contribution is -0.118. The van der Waals surface area contributed by atoms with Crippen molar-refractivity contribution in [3.8, 4) is 0 Å². The summed E-state index contributed by atoms with van der Waals surface area (Å²) in [5, 5.41) is 4.95. The molecule has 0 radical (unpaired) electrons. The Labute approximate surface area is 202 Å². The van der Waals surface area contributed by atoms with Gasteiger partial charge in [0, 0.05) is 68.8 Å². The molecule has 0 aliphatic carbocycles. The number of carbonyl (C=O) groups excluding carboxylic acids is 2. The molecule has 0 bridgehead atoms. The van der Waals surface area contributed by atoms with Gasteiger partial charge in [-0.3, -0.25) is 14.5 Å². The molecule has 3 N–H and O–H groups in total. The third kappa shape index (κ3) is 7.45. The van der Waals surface area contributed by atoms with Crippen LogP contribution in [-0.4, -0.2) is 77.9 Å². The number of carbonyl (C=O) groups is 2. The number of thioether (sulfide) groups is 1. The molecule has 1 fully saturated rings. The third-order valence-corrected chi connectivity index (χ3v) is 7.38. The van der Waals surface area contributed by atoms with Gasteiger partial charge in [-0.15, -0.1) is 0 Å². The van der Waals surface area contributed by atoms with E-state index in [0.29, 0.717) is 12.6 Å². The molecular formula is C26H38N4O2S. The first-order chi connectivity index (χ1) is 16.0. The van der Waals surface area contributed by atoms with Crippen molar-refractivity contribution in [2.24, 2.45) is 5.73 Å². The van der Waals surface area contributed by atoms with Gasteiger partial charge in [-0.1, -0.05) is 56.2 Å². The first-order valence-electron chi connectivity index (χ1n) is 12.1. The number of nitrogens with one attached hydrogen (secondary N) is 1. The van der Waals surface area contributed by atoms with E-state index in [0.717, 1.165) is 73.3 Å². The lowest BCUT2D eigenvalue weighted by atomic mass is 10.0. The number of unbranched alkanes of at least 4 members (excludes halogenated alkanes) is 1. The summed E-state index contributed by atoms with van der Waals surface area (Å²) in [6.07, 6.45) is 3.38. The molecule has 2 amide bonds. The zero-order valence-corrected chi connectivity index (χ0v) is 20.8. The summed E-state index contributed by atoms with van der Waals surface area (Å²) >= 11 is 1.78. The maximum atomic E-state index is 13.5. The maximum Gasteiger partial charge on any atom is 0.254 e. The van der Waals surface area contributed by atoms with E-state index in [4.69, 9.17) is 5.73 Å². The Bertz CT molecular complexity index is 917. The van der Waals surface area contributed by atoms with Crippen molar-refractivity contribution in [2.45, 2.75) is 45.2 Å². The molecule has 33 heavy (non-hydrogen) atoms. The Morgan fingerprint density at radius 3 is 2.76 bits per heavy atom. The normalized spacial score (nSPS) is 17.8. The zero-order valence-electron chi connectivity index (χ0n) is 20.0. The molecule has 2 aromatic carbocycles. The van der Waals surface area contributed by atoms with Crippen LogP contribution in [0.15, 0.2) is 42.5 Å². The van der Waals surface area contributed by atoms with Crippen molar-refractivity contribution >= 4 is 34.3 Å². The molecule has 3 rings (SSSR count). The van der Waals surface area contributed by atoms with Crippen LogP contribution in [0.2, 0.25) is 0 Å². The van der Waals surface area contributed by atoms with Crippen molar-refractivity contribution in [3.63, 3.8) is 0 Å². The van der Waals surface area contributed by atoms with Gasteiger partial charge in [0.25, 0.3) is 5.91 Å². The van der Waals surface area contributed by atoms with Crippen LogP contribution in [0.1, 0.15) is 43.5 Å². The first kappa shape index (κ1) is 25.5. The van der Waals surface area contributed by atoms with Crippen LogP contribution >= 0.6 is 11.8 Å². The molecule has 0 aromatic heterocycles. The van der Waals surface area contributed by atoms with Gasteiger partial charge in [0.15, 0.2) is 0 Å². The van der Waals surface area contributed by atoms with Gasteiger partial charge in [0.2, 0.25) is 5.91 Å². The Balaban J connectivity index is 1.59. The summed E-state index contributed by atoms with van der Waals surface area (Å²) < 4.78 is 0. The fourth-order valence-corrected chi connectivity index (χ4v) is 5.32. The monoisotopic (exact) mass is 470 g/mol. The van der Waals surface area contributed by atoms with Crippen molar-refractivity contribution in [3.05, 3.63) is 48.0 Å². The highest BCUT2D eigenvalue weighted by atomic mass is 32.2. The summed E-state index contributed by atoms with van der Waals surface area (Å²) in [5.41, 5.74) is 7.25. The Morgan fingerprint density at radius 2 is 1.97 bits per heavy atom. The number of hydrogen-bond donors (Lipinski definition) is 2. The van der Waals surface area contributed by atoms with Crippen LogP contribution in [0.4, 0.5) is 0 Å². The minimum atomic E-state index is 0.00887. The fraction of sp³-hybridized carbons (Fsp3) is 0.538. The van der Waals surface area contributed by atoms with Crippen LogP contribution in [0.5, 0.6) is 0 Å². The SMILES string of the molecule is CCCC[C@H]1CN(C(=O)c2cccc3ccccc23)CCN1C[C@@H](N)CSCCNC(C)=O. The Morgan fingerprint density at radius 1 is 1.18 bits per heavy atom. The molecule has 180 valence electrons. The van der Waals surface area contributed by atoms with Crippen LogP contribution < -0.4 is 11.1 Å². The van der Waals surface area contributed by atoms with E-state index in [-0.39, 0.29) is 17.9 Å². The van der Waals surface area contributed by atoms with Gasteiger partial charge in [-0.25, -0.2) is 0 Å². The van der Waals surface area contributed by atoms with E-state index in [2.05, 4.69) is 29.3 Å². The number of nitrogens with two attached hydrogens (primary N) is 1. The maximum absolute atomic E-state index is 13.5. The molecule has 0 saturated carbocycles. The van der Waals surface area contributed by atoms with Crippen molar-refractivity contribution in [2.75, 3.05) is 44.2 Å². The number of fused-ring (bicyclic) bond motifs is 1. The van der Waals surface area contributed by atoms with E-state index < -0.39 is 0 Å². The topological polar surface area (TPSA) is 78.7 Å². The van der Waals surface area contributed by atoms with E-state index in [1.54, 1.807) is 11.8 Å². The zero-order chi connectivity index (χ0) is 23.6. The molecule has 6 nitrogen and oxygen atoms in total. The van der Waals surface area contributed by atoms with Crippen LogP contribution in [0.3, 0.4) is 0 Å². The van der Waals surface area contributed by atoms with Gasteiger partial charge < -0.3 is 16.0 Å². The fourth-order valence-electron chi connectivity index (χ4n) is 4.50. The van der Waals surface area contributed by atoms with E-state index >= 15 is 0 Å². The molecule has 2 aromatic rings. The molecule has 1 aliphatic rings. The number of piperazine rings is 1. The molecule has 1 aliphatic heterocycles. The van der Waals surface area contributed by atoms with Gasteiger partial charge in [-0.2, -0.15) is 11.8 Å². The molecule has 7 heteroatoms. The summed E-state index contributed by atoms with van der Waals surface area (Å²) in [6.45, 7) is 7.62. The van der Waals surface area contributed by atoms with Crippen LogP contribution in [0, 0.1) is 0 Å². The third-order valence-electron chi connectivity index (χ3n) is 6.22. The minimum absolute atomic E-state index is 0.00887. The second kappa shape index (κ2) is 13.0. The van der Waals surface area contributed by atoms with Gasteiger partial charge in [0.05, 0.1) is 0 Å². The average Bonchev–Trinajstić information content (AvgIpc) is 2.82. The molecule has 1 saturated heterocycles. The van der Waals surface area contributed by atoms with Gasteiger partial charge in [-0.05, 0) is 23.3 Å². The minimum Gasteiger partial charge on any atom is -0.356 e. The van der Waals surface area contributed by atoms with E-state index in [9.17, 15) is 9.59 Å². The molecule has 2 atom stereocenters. The summed E-state index contributed by atoms with van der Waals surface area (Å²) in [4.78, 5) is 29.0. The predicted molar refractivity (Wildman–Crippen MR) is 139 cm³/mol. The standard InChI is InChI=1S/C26H38N4O2S/c1-3-4-10-23-18-30(26(32)25-12-7-9-21-8-5-6-11-24(21)25)15-14-29(23)17-22(27)19-33-16-13-28-20(2)31/h5-9,11-12,22-23H,3-4,10,13-19,27H2,1-2H3,(H,28,31)/t22-,23+/m1/s1. The second-order valence-electron chi connectivity index (χ2n) is 8.89.